The van der Waals surface area contributed by atoms with Crippen LogP contribution >= 0.6 is 23.4 Å². The Balaban J connectivity index is 1.96. The molecule has 3 nitrogen and oxygen atoms in total. The van der Waals surface area contributed by atoms with Crippen LogP contribution in [0.1, 0.15) is 22.6 Å². The highest BCUT2D eigenvalue weighted by molar-refractivity contribution is 7.98. The summed E-state index contributed by atoms with van der Waals surface area (Å²) in [6.45, 7) is 0. The Morgan fingerprint density at radius 2 is 2.16 bits per heavy atom. The monoisotopic (exact) mass is 295 g/mol. The Morgan fingerprint density at radius 1 is 1.32 bits per heavy atom. The highest BCUT2D eigenvalue weighted by Crippen LogP contribution is 2.31. The van der Waals surface area contributed by atoms with E-state index in [1.54, 1.807) is 23.9 Å². The van der Waals surface area contributed by atoms with E-state index in [1.807, 2.05) is 0 Å². The first-order valence-corrected chi connectivity index (χ1v) is 7.33. The molecule has 1 aliphatic rings. The number of fused-ring (bicyclic) bond motifs is 1. The van der Waals surface area contributed by atoms with Gasteiger partial charge in [-0.2, -0.15) is 11.8 Å². The number of hydrogen-bond acceptors (Lipinski definition) is 4. The van der Waals surface area contributed by atoms with Crippen LogP contribution in [0.25, 0.3) is 0 Å². The van der Waals surface area contributed by atoms with Gasteiger partial charge in [-0.3, -0.25) is 0 Å². The van der Waals surface area contributed by atoms with Gasteiger partial charge >= 0.3 is 0 Å². The molecule has 2 aromatic rings. The summed E-state index contributed by atoms with van der Waals surface area (Å²) in [6, 6.07) is 4.92. The number of nitrogens with zero attached hydrogens (tertiary/aromatic N) is 2. The van der Waals surface area contributed by atoms with Crippen molar-refractivity contribution in [1.29, 1.82) is 0 Å². The molecule has 1 aromatic carbocycles. The lowest BCUT2D eigenvalue weighted by Crippen LogP contribution is -2.07. The Bertz CT molecular complexity index is 648. The summed E-state index contributed by atoms with van der Waals surface area (Å²) in [7, 11) is 0. The predicted octanol–water partition coefficient (Wildman–Crippen LogP) is 3.19. The standard InChI is InChI=1S/C13H11ClFN3S/c14-9-3-1-2-7(12(9)15)4-11-17-10-6-19-5-8(10)13(16)18-11/h1-3H,4-6H2,(H2,16,17,18). The molecule has 0 saturated heterocycles. The number of rotatable bonds is 2. The Kier molecular flexibility index (Phi) is 3.33. The third-order valence-electron chi connectivity index (χ3n) is 3.04. The van der Waals surface area contributed by atoms with Crippen LogP contribution in [0.4, 0.5) is 10.2 Å². The summed E-state index contributed by atoms with van der Waals surface area (Å²) >= 11 is 7.52. The maximum absolute atomic E-state index is 13.8. The van der Waals surface area contributed by atoms with Gasteiger partial charge < -0.3 is 5.73 Å². The molecule has 0 saturated carbocycles. The van der Waals surface area contributed by atoms with E-state index in [2.05, 4.69) is 9.97 Å². The van der Waals surface area contributed by atoms with Crippen LogP contribution in [0, 0.1) is 5.82 Å². The van der Waals surface area contributed by atoms with Crippen LogP contribution in [-0.4, -0.2) is 9.97 Å². The van der Waals surface area contributed by atoms with Gasteiger partial charge in [0.05, 0.1) is 10.7 Å². The average Bonchev–Trinajstić information content (AvgIpc) is 2.84. The Labute approximate surface area is 119 Å². The van der Waals surface area contributed by atoms with E-state index in [1.165, 1.54) is 6.07 Å². The van der Waals surface area contributed by atoms with Crippen LogP contribution in [0.2, 0.25) is 5.02 Å². The van der Waals surface area contributed by atoms with Crippen LogP contribution in [-0.2, 0) is 17.9 Å². The van der Waals surface area contributed by atoms with Crippen molar-refractivity contribution in [1.82, 2.24) is 9.97 Å². The first-order valence-electron chi connectivity index (χ1n) is 5.80. The maximum atomic E-state index is 13.8. The van der Waals surface area contributed by atoms with Crippen molar-refractivity contribution in [3.8, 4) is 0 Å². The van der Waals surface area contributed by atoms with Crippen molar-refractivity contribution in [2.75, 3.05) is 5.73 Å². The van der Waals surface area contributed by atoms with Gasteiger partial charge in [0.1, 0.15) is 17.5 Å². The quantitative estimate of drug-likeness (QED) is 0.924. The molecule has 0 spiro atoms. The van der Waals surface area contributed by atoms with Crippen molar-refractivity contribution in [3.05, 3.63) is 51.7 Å². The van der Waals surface area contributed by atoms with Crippen LogP contribution in [0.5, 0.6) is 0 Å². The second-order valence-corrected chi connectivity index (χ2v) is 5.73. The van der Waals surface area contributed by atoms with E-state index in [4.69, 9.17) is 17.3 Å². The van der Waals surface area contributed by atoms with E-state index < -0.39 is 5.82 Å². The summed E-state index contributed by atoms with van der Waals surface area (Å²) in [5.74, 6) is 2.33. The minimum atomic E-state index is -0.416. The van der Waals surface area contributed by atoms with Gasteiger partial charge in [0.25, 0.3) is 0 Å². The average molecular weight is 296 g/mol. The van der Waals surface area contributed by atoms with Crippen molar-refractivity contribution >= 4 is 29.2 Å². The molecular weight excluding hydrogens is 285 g/mol. The second-order valence-electron chi connectivity index (χ2n) is 4.33. The van der Waals surface area contributed by atoms with Crippen molar-refractivity contribution in [2.24, 2.45) is 0 Å². The summed E-state index contributed by atoms with van der Waals surface area (Å²) in [4.78, 5) is 8.71. The Hall–Kier alpha value is -1.33. The molecule has 19 heavy (non-hydrogen) atoms. The normalized spacial score (nSPS) is 13.6. The number of anilines is 1. The third-order valence-corrected chi connectivity index (χ3v) is 4.30. The summed E-state index contributed by atoms with van der Waals surface area (Å²) < 4.78 is 13.8. The lowest BCUT2D eigenvalue weighted by molar-refractivity contribution is 0.612. The predicted molar refractivity (Wildman–Crippen MR) is 75.7 cm³/mol. The highest BCUT2D eigenvalue weighted by Gasteiger charge is 2.19. The number of halogens is 2. The van der Waals surface area contributed by atoms with E-state index in [0.29, 0.717) is 23.6 Å². The molecule has 1 aliphatic heterocycles. The number of hydrogen-bond donors (Lipinski definition) is 1. The van der Waals surface area contributed by atoms with Crippen molar-refractivity contribution in [3.63, 3.8) is 0 Å². The van der Waals surface area contributed by atoms with Gasteiger partial charge in [0.15, 0.2) is 0 Å². The van der Waals surface area contributed by atoms with Crippen LogP contribution in [0.15, 0.2) is 18.2 Å². The van der Waals surface area contributed by atoms with Gasteiger partial charge in [0, 0.05) is 23.5 Å². The Morgan fingerprint density at radius 3 is 3.00 bits per heavy atom. The molecule has 0 aliphatic carbocycles. The lowest BCUT2D eigenvalue weighted by Gasteiger charge is -2.07. The van der Waals surface area contributed by atoms with E-state index >= 15 is 0 Å². The zero-order chi connectivity index (χ0) is 13.4. The molecule has 6 heteroatoms. The maximum Gasteiger partial charge on any atom is 0.145 e. The lowest BCUT2D eigenvalue weighted by atomic mass is 10.1. The van der Waals surface area contributed by atoms with Gasteiger partial charge in [-0.25, -0.2) is 14.4 Å². The van der Waals surface area contributed by atoms with Crippen molar-refractivity contribution < 1.29 is 4.39 Å². The van der Waals surface area contributed by atoms with Gasteiger partial charge in [-0.15, -0.1) is 0 Å². The molecule has 0 atom stereocenters. The molecule has 0 radical (unpaired) electrons. The zero-order valence-corrected chi connectivity index (χ0v) is 11.6. The molecule has 3 rings (SSSR count). The fourth-order valence-corrected chi connectivity index (χ4v) is 3.31. The number of thioether (sulfide) groups is 1. The molecule has 2 N–H and O–H groups in total. The summed E-state index contributed by atoms with van der Waals surface area (Å²) in [5, 5.41) is 0.113. The smallest absolute Gasteiger partial charge is 0.145 e. The van der Waals surface area contributed by atoms with Crippen LogP contribution in [0.3, 0.4) is 0 Å². The van der Waals surface area contributed by atoms with E-state index in [-0.39, 0.29) is 5.02 Å². The second kappa shape index (κ2) is 4.98. The molecule has 2 heterocycles. The number of nitrogens with two attached hydrogens (primary N) is 1. The molecule has 0 bridgehead atoms. The summed E-state index contributed by atoms with van der Waals surface area (Å²) in [5.41, 5.74) is 8.38. The number of aromatic nitrogens is 2. The minimum Gasteiger partial charge on any atom is -0.383 e. The van der Waals surface area contributed by atoms with Crippen LogP contribution < -0.4 is 5.73 Å². The SMILES string of the molecule is Nc1nc(Cc2cccc(Cl)c2F)nc2c1CSC2. The van der Waals surface area contributed by atoms with E-state index in [9.17, 15) is 4.39 Å². The minimum absolute atomic E-state index is 0.113. The fraction of sp³-hybridized carbons (Fsp3) is 0.231. The third kappa shape index (κ3) is 2.40. The van der Waals surface area contributed by atoms with E-state index in [0.717, 1.165) is 22.8 Å². The van der Waals surface area contributed by atoms with Gasteiger partial charge in [-0.1, -0.05) is 23.7 Å². The first kappa shape index (κ1) is 12.7. The topological polar surface area (TPSA) is 51.8 Å². The van der Waals surface area contributed by atoms with Gasteiger partial charge in [-0.05, 0) is 11.6 Å². The zero-order valence-electron chi connectivity index (χ0n) is 9.99. The fourth-order valence-electron chi connectivity index (χ4n) is 2.06. The summed E-state index contributed by atoms with van der Waals surface area (Å²) in [6.07, 6.45) is 0.300. The highest BCUT2D eigenvalue weighted by atomic mass is 35.5. The number of nitrogen functional groups attached to an aromatic ring is 1. The molecule has 0 amide bonds. The molecular formula is C13H11ClFN3S. The largest absolute Gasteiger partial charge is 0.383 e. The van der Waals surface area contributed by atoms with Gasteiger partial charge in [0.2, 0.25) is 0 Å². The molecule has 98 valence electrons. The number of benzene rings is 1. The van der Waals surface area contributed by atoms with Crippen molar-refractivity contribution in [2.45, 2.75) is 17.9 Å². The molecule has 1 aromatic heterocycles. The molecule has 0 fully saturated rings. The molecule has 0 unspecified atom stereocenters. The first-order chi connectivity index (χ1) is 9.15.